The van der Waals surface area contributed by atoms with Gasteiger partial charge in [-0.25, -0.2) is 24.4 Å². The van der Waals surface area contributed by atoms with E-state index in [0.29, 0.717) is 5.56 Å². The quantitative estimate of drug-likeness (QED) is 0.642. The molecule has 0 saturated carbocycles. The predicted octanol–water partition coefficient (Wildman–Crippen LogP) is 1.03. The highest BCUT2D eigenvalue weighted by Crippen LogP contribution is 2.25. The van der Waals surface area contributed by atoms with Gasteiger partial charge < -0.3 is 15.8 Å². The van der Waals surface area contributed by atoms with Gasteiger partial charge in [0.2, 0.25) is 0 Å². The third kappa shape index (κ3) is 3.72. The lowest BCUT2D eigenvalue weighted by Gasteiger charge is -2.05. The summed E-state index contributed by atoms with van der Waals surface area (Å²) in [6, 6.07) is 3.03. The van der Waals surface area contributed by atoms with Gasteiger partial charge in [-0.2, -0.15) is 0 Å². The summed E-state index contributed by atoms with van der Waals surface area (Å²) < 4.78 is 6.08. The lowest BCUT2D eigenvalue weighted by molar-refractivity contribution is 0.102. The summed E-state index contributed by atoms with van der Waals surface area (Å²) in [6.45, 7) is 0. The minimum absolute atomic E-state index is 0.0239. The van der Waals surface area contributed by atoms with Crippen molar-refractivity contribution < 1.29 is 14.3 Å². The molecule has 0 saturated heterocycles. The fourth-order valence-corrected chi connectivity index (χ4v) is 2.04. The van der Waals surface area contributed by atoms with Gasteiger partial charge in [0.05, 0.1) is 18.0 Å². The number of rotatable bonds is 4. The molecule has 12 heteroatoms. The van der Waals surface area contributed by atoms with Gasteiger partial charge in [-0.3, -0.25) is 4.79 Å². The standard InChI is InChI=1S/C14H11ClN8O3/c1-23-13(26-14(16)25)11(21-22-23)8-5-19-10(6-17-8)20-12(24)7-2-3-9(15)18-4-7/h2-6H,1H3,(H2,16,25)(H,19,20,24). The zero-order chi connectivity index (χ0) is 18.7. The summed E-state index contributed by atoms with van der Waals surface area (Å²) in [5.41, 5.74) is 5.79. The molecular formula is C14H11ClN8O3. The van der Waals surface area contributed by atoms with Gasteiger partial charge in [0, 0.05) is 13.2 Å². The SMILES string of the molecule is Cn1nnc(-c2cnc(NC(=O)c3ccc(Cl)nc3)cn2)c1OC(N)=O. The molecule has 3 aromatic heterocycles. The van der Waals surface area contributed by atoms with Crippen molar-refractivity contribution in [1.82, 2.24) is 29.9 Å². The lowest BCUT2D eigenvalue weighted by Crippen LogP contribution is -2.18. The number of hydrogen-bond donors (Lipinski definition) is 2. The average Bonchev–Trinajstić information content (AvgIpc) is 2.96. The fraction of sp³-hybridized carbons (Fsp3) is 0.0714. The number of pyridine rings is 1. The van der Waals surface area contributed by atoms with E-state index < -0.39 is 12.0 Å². The van der Waals surface area contributed by atoms with Gasteiger partial charge in [0.25, 0.3) is 11.8 Å². The molecule has 0 atom stereocenters. The first-order chi connectivity index (χ1) is 12.4. The normalized spacial score (nSPS) is 10.4. The van der Waals surface area contributed by atoms with Crippen LogP contribution >= 0.6 is 11.6 Å². The number of anilines is 1. The van der Waals surface area contributed by atoms with Crippen LogP contribution in [-0.2, 0) is 7.05 Å². The summed E-state index contributed by atoms with van der Waals surface area (Å²) in [6.07, 6.45) is 2.99. The number of aromatic nitrogens is 6. The number of hydrogen-bond acceptors (Lipinski definition) is 8. The van der Waals surface area contributed by atoms with E-state index in [-0.39, 0.29) is 28.2 Å². The van der Waals surface area contributed by atoms with Crippen LogP contribution in [0.25, 0.3) is 11.4 Å². The lowest BCUT2D eigenvalue weighted by atomic mass is 10.3. The molecule has 3 N–H and O–H groups in total. The maximum atomic E-state index is 12.1. The maximum absolute atomic E-state index is 12.1. The molecule has 0 spiro atoms. The van der Waals surface area contributed by atoms with E-state index in [1.54, 1.807) is 0 Å². The van der Waals surface area contributed by atoms with Crippen molar-refractivity contribution in [2.75, 3.05) is 5.32 Å². The van der Waals surface area contributed by atoms with Crippen molar-refractivity contribution in [2.45, 2.75) is 0 Å². The van der Waals surface area contributed by atoms with Crippen molar-refractivity contribution in [3.05, 3.63) is 41.4 Å². The third-order valence-corrected chi connectivity index (χ3v) is 3.32. The number of amides is 2. The van der Waals surface area contributed by atoms with E-state index in [2.05, 4.69) is 30.6 Å². The molecule has 3 heterocycles. The van der Waals surface area contributed by atoms with Crippen molar-refractivity contribution >= 4 is 29.4 Å². The van der Waals surface area contributed by atoms with E-state index in [0.717, 1.165) is 0 Å². The van der Waals surface area contributed by atoms with Crippen molar-refractivity contribution in [3.8, 4) is 17.3 Å². The molecule has 3 aromatic rings. The van der Waals surface area contributed by atoms with Gasteiger partial charge in [-0.1, -0.05) is 16.8 Å². The predicted molar refractivity (Wildman–Crippen MR) is 89.4 cm³/mol. The number of aryl methyl sites for hydroxylation is 1. The average molecular weight is 375 g/mol. The van der Waals surface area contributed by atoms with E-state index >= 15 is 0 Å². The first kappa shape index (κ1) is 17.2. The van der Waals surface area contributed by atoms with Crippen LogP contribution in [-0.4, -0.2) is 41.9 Å². The van der Waals surface area contributed by atoms with E-state index in [1.807, 2.05) is 0 Å². The zero-order valence-electron chi connectivity index (χ0n) is 13.3. The molecule has 132 valence electrons. The number of nitrogens with zero attached hydrogens (tertiary/aromatic N) is 6. The topological polar surface area (TPSA) is 151 Å². The molecule has 0 unspecified atom stereocenters. The minimum Gasteiger partial charge on any atom is -0.389 e. The van der Waals surface area contributed by atoms with E-state index in [4.69, 9.17) is 22.1 Å². The summed E-state index contributed by atoms with van der Waals surface area (Å²) in [4.78, 5) is 35.1. The zero-order valence-corrected chi connectivity index (χ0v) is 14.0. The van der Waals surface area contributed by atoms with E-state index in [9.17, 15) is 9.59 Å². The highest BCUT2D eigenvalue weighted by Gasteiger charge is 2.18. The number of primary amides is 1. The van der Waals surface area contributed by atoms with Crippen LogP contribution in [0.2, 0.25) is 5.15 Å². The van der Waals surface area contributed by atoms with E-state index in [1.165, 1.54) is 42.5 Å². The molecule has 0 radical (unpaired) electrons. The van der Waals surface area contributed by atoms with Crippen molar-refractivity contribution in [1.29, 1.82) is 0 Å². The Labute approximate surface area is 151 Å². The van der Waals surface area contributed by atoms with Crippen molar-refractivity contribution in [2.24, 2.45) is 12.8 Å². The van der Waals surface area contributed by atoms with Crippen LogP contribution in [0.5, 0.6) is 5.88 Å². The molecular weight excluding hydrogens is 364 g/mol. The highest BCUT2D eigenvalue weighted by molar-refractivity contribution is 6.29. The van der Waals surface area contributed by atoms with Gasteiger partial charge >= 0.3 is 6.09 Å². The molecule has 0 fully saturated rings. The van der Waals surface area contributed by atoms with Crippen molar-refractivity contribution in [3.63, 3.8) is 0 Å². The largest absolute Gasteiger partial charge is 0.411 e. The molecule has 0 aliphatic rings. The molecule has 26 heavy (non-hydrogen) atoms. The highest BCUT2D eigenvalue weighted by atomic mass is 35.5. The first-order valence-corrected chi connectivity index (χ1v) is 7.44. The molecule has 11 nitrogen and oxygen atoms in total. The van der Waals surface area contributed by atoms with Crippen LogP contribution in [0.4, 0.5) is 10.6 Å². The Kier molecular flexibility index (Phi) is 4.71. The van der Waals surface area contributed by atoms with Crippen LogP contribution < -0.4 is 15.8 Å². The second kappa shape index (κ2) is 7.11. The monoisotopic (exact) mass is 374 g/mol. The van der Waals surface area contributed by atoms with Crippen LogP contribution in [0.3, 0.4) is 0 Å². The van der Waals surface area contributed by atoms with Crippen LogP contribution in [0, 0.1) is 0 Å². The Bertz CT molecular complexity index is 955. The number of halogens is 1. The Morgan fingerprint density at radius 2 is 2.00 bits per heavy atom. The number of ether oxygens (including phenoxy) is 1. The number of carbonyl (C=O) groups excluding carboxylic acids is 2. The summed E-state index contributed by atoms with van der Waals surface area (Å²) >= 11 is 5.68. The molecule has 3 rings (SSSR count). The summed E-state index contributed by atoms with van der Waals surface area (Å²) in [5, 5.41) is 10.4. The number of carbonyl (C=O) groups is 2. The Balaban J connectivity index is 1.78. The van der Waals surface area contributed by atoms with Crippen LogP contribution in [0.15, 0.2) is 30.7 Å². The smallest absolute Gasteiger partial charge is 0.389 e. The third-order valence-electron chi connectivity index (χ3n) is 3.10. The number of nitrogens with one attached hydrogen (secondary N) is 1. The maximum Gasteiger partial charge on any atom is 0.411 e. The first-order valence-electron chi connectivity index (χ1n) is 7.06. The fourth-order valence-electron chi connectivity index (χ4n) is 1.93. The Morgan fingerprint density at radius 3 is 2.62 bits per heavy atom. The second-order valence-corrected chi connectivity index (χ2v) is 5.29. The van der Waals surface area contributed by atoms with Gasteiger partial charge in [-0.05, 0) is 12.1 Å². The molecule has 0 aliphatic carbocycles. The minimum atomic E-state index is -1.01. The Hall–Kier alpha value is -3.60. The molecule has 0 aromatic carbocycles. The second-order valence-electron chi connectivity index (χ2n) is 4.90. The Morgan fingerprint density at radius 1 is 1.19 bits per heavy atom. The summed E-state index contributed by atoms with van der Waals surface area (Å²) in [7, 11) is 1.52. The molecule has 2 amide bonds. The molecule has 0 aliphatic heterocycles. The van der Waals surface area contributed by atoms with Gasteiger partial charge in [0.1, 0.15) is 10.8 Å². The summed E-state index contributed by atoms with van der Waals surface area (Å²) in [5.74, 6) is -0.195. The van der Waals surface area contributed by atoms with Gasteiger partial charge in [-0.15, -0.1) is 5.10 Å². The molecule has 0 bridgehead atoms. The van der Waals surface area contributed by atoms with Gasteiger partial charge in [0.15, 0.2) is 11.5 Å². The number of nitrogens with two attached hydrogens (primary N) is 1. The van der Waals surface area contributed by atoms with Crippen LogP contribution in [0.1, 0.15) is 10.4 Å².